The number of aromatic nitrogens is 1. The predicted molar refractivity (Wildman–Crippen MR) is 110 cm³/mol. The van der Waals surface area contributed by atoms with Crippen molar-refractivity contribution < 1.29 is 9.53 Å². The number of anilines is 1. The fourth-order valence-corrected chi connectivity index (χ4v) is 4.36. The zero-order chi connectivity index (χ0) is 20.1. The molecule has 1 saturated heterocycles. The molecule has 0 saturated carbocycles. The third kappa shape index (κ3) is 5.54. The van der Waals surface area contributed by atoms with Gasteiger partial charge in [0.1, 0.15) is 5.75 Å². The molecule has 3 rings (SSSR count). The number of hydrogen-bond donors (Lipinski definition) is 1. The molecule has 1 aliphatic heterocycles. The maximum atomic E-state index is 12.4. The van der Waals surface area contributed by atoms with E-state index in [2.05, 4.69) is 35.1 Å². The van der Waals surface area contributed by atoms with E-state index >= 15 is 0 Å². The molecule has 28 heavy (non-hydrogen) atoms. The lowest BCUT2D eigenvalue weighted by atomic mass is 9.92. The van der Waals surface area contributed by atoms with Crippen molar-refractivity contribution in [2.45, 2.75) is 39.8 Å². The molecule has 1 aliphatic rings. The van der Waals surface area contributed by atoms with Crippen LogP contribution in [0.1, 0.15) is 38.4 Å². The Kier molecular flexibility index (Phi) is 6.65. The summed E-state index contributed by atoms with van der Waals surface area (Å²) in [5.41, 5.74) is 1.54. The van der Waals surface area contributed by atoms with Crippen molar-refractivity contribution in [1.82, 2.24) is 9.88 Å². The highest BCUT2D eigenvalue weighted by Gasteiger charge is 2.23. The largest absolute Gasteiger partial charge is 0.481 e. The number of likely N-dealkylation sites (tertiary alicyclic amines) is 1. The number of carbonyl (C=O) groups excluding carboxylic acids is 1. The van der Waals surface area contributed by atoms with Gasteiger partial charge in [0.2, 0.25) is 0 Å². The molecule has 3 atom stereocenters. The molecule has 0 unspecified atom stereocenters. The molecule has 0 spiro atoms. The van der Waals surface area contributed by atoms with Crippen molar-refractivity contribution in [1.29, 1.82) is 5.26 Å². The predicted octanol–water partition coefficient (Wildman–Crippen LogP) is 3.90. The van der Waals surface area contributed by atoms with Crippen LogP contribution in [0.2, 0.25) is 0 Å². The molecule has 1 amide bonds. The van der Waals surface area contributed by atoms with E-state index in [9.17, 15) is 4.79 Å². The third-order valence-corrected chi connectivity index (χ3v) is 5.58. The van der Waals surface area contributed by atoms with E-state index in [1.54, 1.807) is 31.2 Å². The quantitative estimate of drug-likeness (QED) is 0.798. The van der Waals surface area contributed by atoms with Gasteiger partial charge in [-0.15, -0.1) is 11.3 Å². The maximum absolute atomic E-state index is 12.4. The minimum Gasteiger partial charge on any atom is -0.481 e. The van der Waals surface area contributed by atoms with E-state index in [4.69, 9.17) is 10.00 Å². The fourth-order valence-electron chi connectivity index (χ4n) is 3.66. The minimum atomic E-state index is -0.663. The summed E-state index contributed by atoms with van der Waals surface area (Å²) in [6.07, 6.45) is 0.621. The topological polar surface area (TPSA) is 78.3 Å². The molecule has 148 valence electrons. The molecule has 7 heteroatoms. The van der Waals surface area contributed by atoms with Crippen LogP contribution >= 0.6 is 11.3 Å². The summed E-state index contributed by atoms with van der Waals surface area (Å²) in [4.78, 5) is 19.4. The van der Waals surface area contributed by atoms with Crippen LogP contribution in [-0.2, 0) is 11.3 Å². The Morgan fingerprint density at radius 3 is 2.68 bits per heavy atom. The number of ether oxygens (including phenoxy) is 1. The number of amides is 1. The van der Waals surface area contributed by atoms with Gasteiger partial charge in [-0.05, 0) is 49.4 Å². The van der Waals surface area contributed by atoms with Gasteiger partial charge in [0, 0.05) is 25.0 Å². The lowest BCUT2D eigenvalue weighted by Gasteiger charge is -2.34. The molecule has 1 fully saturated rings. The number of nitrogens with zero attached hydrogens (tertiary/aromatic N) is 3. The molecule has 0 bridgehead atoms. The van der Waals surface area contributed by atoms with Crippen LogP contribution in [0.5, 0.6) is 5.75 Å². The lowest BCUT2D eigenvalue weighted by molar-refractivity contribution is -0.122. The Bertz CT molecular complexity index is 833. The van der Waals surface area contributed by atoms with Gasteiger partial charge in [0.15, 0.2) is 11.2 Å². The van der Waals surface area contributed by atoms with E-state index in [1.165, 1.54) is 17.8 Å². The Morgan fingerprint density at radius 1 is 1.36 bits per heavy atom. The second kappa shape index (κ2) is 9.18. The highest BCUT2D eigenvalue weighted by atomic mass is 32.1. The summed E-state index contributed by atoms with van der Waals surface area (Å²) in [5, 5.41) is 14.3. The summed E-state index contributed by atoms with van der Waals surface area (Å²) >= 11 is 1.44. The molecule has 0 radical (unpaired) electrons. The number of piperidine rings is 1. The Morgan fingerprint density at radius 2 is 2.04 bits per heavy atom. The van der Waals surface area contributed by atoms with E-state index in [-0.39, 0.29) is 5.91 Å². The van der Waals surface area contributed by atoms with E-state index in [0.717, 1.165) is 25.3 Å². The molecular formula is C21H26N4O2S. The van der Waals surface area contributed by atoms with Crippen molar-refractivity contribution in [3.05, 3.63) is 40.9 Å². The molecular weight excluding hydrogens is 372 g/mol. The number of rotatable bonds is 6. The average Bonchev–Trinajstić information content (AvgIpc) is 3.08. The first-order valence-corrected chi connectivity index (χ1v) is 10.5. The molecule has 2 aromatic rings. The summed E-state index contributed by atoms with van der Waals surface area (Å²) in [6, 6.07) is 8.75. The number of nitriles is 1. The van der Waals surface area contributed by atoms with Gasteiger partial charge in [0.25, 0.3) is 5.91 Å². The molecule has 2 heterocycles. The van der Waals surface area contributed by atoms with Crippen LogP contribution in [0.25, 0.3) is 0 Å². The summed E-state index contributed by atoms with van der Waals surface area (Å²) in [5.74, 6) is 1.73. The van der Waals surface area contributed by atoms with Crippen molar-refractivity contribution in [3.63, 3.8) is 0 Å². The first-order chi connectivity index (χ1) is 13.4. The molecule has 1 N–H and O–H groups in total. The zero-order valence-corrected chi connectivity index (χ0v) is 17.3. The molecule has 1 aromatic carbocycles. The summed E-state index contributed by atoms with van der Waals surface area (Å²) in [7, 11) is 0. The summed E-state index contributed by atoms with van der Waals surface area (Å²) in [6.45, 7) is 9.30. The number of nitrogens with one attached hydrogen (secondary N) is 1. The molecule has 1 aromatic heterocycles. The van der Waals surface area contributed by atoms with E-state index in [0.29, 0.717) is 28.3 Å². The van der Waals surface area contributed by atoms with E-state index in [1.807, 2.05) is 5.38 Å². The van der Waals surface area contributed by atoms with Crippen LogP contribution in [0.4, 0.5) is 5.13 Å². The maximum Gasteiger partial charge on any atom is 0.266 e. The van der Waals surface area contributed by atoms with Gasteiger partial charge >= 0.3 is 0 Å². The van der Waals surface area contributed by atoms with Crippen LogP contribution in [0.3, 0.4) is 0 Å². The van der Waals surface area contributed by atoms with Crippen LogP contribution in [0.15, 0.2) is 29.6 Å². The van der Waals surface area contributed by atoms with Crippen molar-refractivity contribution in [3.8, 4) is 11.8 Å². The van der Waals surface area contributed by atoms with Gasteiger partial charge in [-0.3, -0.25) is 15.0 Å². The minimum absolute atomic E-state index is 0.245. The first-order valence-electron chi connectivity index (χ1n) is 9.57. The highest BCUT2D eigenvalue weighted by Crippen LogP contribution is 2.24. The Hall–Kier alpha value is -2.43. The third-order valence-electron chi connectivity index (χ3n) is 4.78. The van der Waals surface area contributed by atoms with Crippen molar-refractivity contribution in [2.24, 2.45) is 11.8 Å². The van der Waals surface area contributed by atoms with Gasteiger partial charge in [-0.2, -0.15) is 5.26 Å². The number of benzene rings is 1. The second-order valence-electron chi connectivity index (χ2n) is 7.67. The highest BCUT2D eigenvalue weighted by molar-refractivity contribution is 7.13. The lowest BCUT2D eigenvalue weighted by Crippen LogP contribution is -2.38. The van der Waals surface area contributed by atoms with Gasteiger partial charge in [0.05, 0.1) is 17.3 Å². The van der Waals surface area contributed by atoms with Crippen molar-refractivity contribution >= 4 is 22.4 Å². The Balaban J connectivity index is 1.52. The van der Waals surface area contributed by atoms with E-state index < -0.39 is 6.10 Å². The molecule has 0 aliphatic carbocycles. The van der Waals surface area contributed by atoms with Crippen LogP contribution < -0.4 is 10.1 Å². The number of hydrogen-bond acceptors (Lipinski definition) is 6. The van der Waals surface area contributed by atoms with Crippen LogP contribution in [0, 0.1) is 23.2 Å². The van der Waals surface area contributed by atoms with Gasteiger partial charge in [-0.25, -0.2) is 4.98 Å². The smallest absolute Gasteiger partial charge is 0.266 e. The molecule has 6 nitrogen and oxygen atoms in total. The number of thiazole rings is 1. The normalized spacial score (nSPS) is 20.9. The number of carbonyl (C=O) groups is 1. The first kappa shape index (κ1) is 20.3. The van der Waals surface area contributed by atoms with Crippen LogP contribution in [-0.4, -0.2) is 35.0 Å². The standard InChI is InChI=1S/C21H26N4O2S/c1-14-8-15(2)11-25(10-14)12-18-13-28-21(23-18)24-20(26)16(3)27-19-6-4-17(9-22)5-7-19/h4-7,13-16H,8,10-12H2,1-3H3,(H,23,24,26)/t14-,15-,16-/m1/s1. The monoisotopic (exact) mass is 398 g/mol. The Labute approximate surface area is 170 Å². The fraction of sp³-hybridized carbons (Fsp3) is 0.476. The van der Waals surface area contributed by atoms with Gasteiger partial charge < -0.3 is 4.74 Å². The summed E-state index contributed by atoms with van der Waals surface area (Å²) < 4.78 is 5.65. The van der Waals surface area contributed by atoms with Crippen molar-refractivity contribution in [2.75, 3.05) is 18.4 Å². The van der Waals surface area contributed by atoms with Gasteiger partial charge in [-0.1, -0.05) is 13.8 Å². The zero-order valence-electron chi connectivity index (χ0n) is 16.5. The second-order valence-corrected chi connectivity index (χ2v) is 8.53. The average molecular weight is 399 g/mol. The SMILES string of the molecule is C[C@@H]1C[C@@H](C)CN(Cc2csc(NC(=O)[C@@H](C)Oc3ccc(C#N)cc3)n2)C1.